The van der Waals surface area contributed by atoms with Crippen LogP contribution in [0.15, 0.2) is 70.8 Å². The average molecular weight is 382 g/mol. The molecule has 23 heavy (non-hydrogen) atoms. The highest BCUT2D eigenvalue weighted by Crippen LogP contribution is 2.38. The van der Waals surface area contributed by atoms with E-state index >= 15 is 0 Å². The highest BCUT2D eigenvalue weighted by atomic mass is 79.9. The maximum atomic E-state index is 4.47. The summed E-state index contributed by atoms with van der Waals surface area (Å²) in [5.41, 5.74) is 3.31. The number of para-hydroxylation sites is 1. The molecule has 0 aliphatic rings. The predicted octanol–water partition coefficient (Wildman–Crippen LogP) is 5.86. The molecular formula is C18H12BrN3S. The summed E-state index contributed by atoms with van der Waals surface area (Å²) in [6, 6.07) is 18.3. The van der Waals surface area contributed by atoms with Gasteiger partial charge < -0.3 is 5.32 Å². The van der Waals surface area contributed by atoms with Crippen molar-refractivity contribution >= 4 is 49.0 Å². The molecule has 112 valence electrons. The first-order chi connectivity index (χ1) is 11.3. The molecule has 2 heterocycles. The Hall–Kier alpha value is -2.24. The van der Waals surface area contributed by atoms with E-state index < -0.39 is 0 Å². The van der Waals surface area contributed by atoms with Gasteiger partial charge in [0.1, 0.15) is 17.0 Å². The lowest BCUT2D eigenvalue weighted by Gasteiger charge is -2.09. The minimum absolute atomic E-state index is 0.821. The molecule has 0 saturated carbocycles. The Balaban J connectivity index is 1.87. The van der Waals surface area contributed by atoms with Gasteiger partial charge in [-0.25, -0.2) is 9.97 Å². The normalized spacial score (nSPS) is 10.8. The number of halogens is 1. The Kier molecular flexibility index (Phi) is 3.81. The maximum absolute atomic E-state index is 4.47. The first-order valence-electron chi connectivity index (χ1n) is 7.12. The molecule has 0 saturated heterocycles. The molecule has 2 aromatic heterocycles. The third kappa shape index (κ3) is 2.73. The molecule has 4 aromatic rings. The van der Waals surface area contributed by atoms with Crippen molar-refractivity contribution in [1.82, 2.24) is 9.97 Å². The van der Waals surface area contributed by atoms with Gasteiger partial charge in [0.15, 0.2) is 0 Å². The van der Waals surface area contributed by atoms with E-state index in [2.05, 4.69) is 48.7 Å². The summed E-state index contributed by atoms with van der Waals surface area (Å²) >= 11 is 5.20. The molecular weight excluding hydrogens is 370 g/mol. The number of hydrogen-bond acceptors (Lipinski definition) is 4. The Morgan fingerprint density at radius 2 is 1.70 bits per heavy atom. The second kappa shape index (κ2) is 6.10. The van der Waals surface area contributed by atoms with E-state index in [4.69, 9.17) is 0 Å². The summed E-state index contributed by atoms with van der Waals surface area (Å²) in [4.78, 5) is 9.85. The smallest absolute Gasteiger partial charge is 0.143 e. The first kappa shape index (κ1) is 14.4. The minimum Gasteiger partial charge on any atom is -0.339 e. The van der Waals surface area contributed by atoms with Gasteiger partial charge >= 0.3 is 0 Å². The van der Waals surface area contributed by atoms with Gasteiger partial charge in [-0.3, -0.25) is 0 Å². The number of nitrogens with zero attached hydrogens (tertiary/aromatic N) is 2. The van der Waals surface area contributed by atoms with E-state index in [1.165, 1.54) is 5.56 Å². The van der Waals surface area contributed by atoms with Gasteiger partial charge in [0.05, 0.1) is 11.1 Å². The average Bonchev–Trinajstić information content (AvgIpc) is 3.03. The number of fused-ring (bicyclic) bond motifs is 1. The van der Waals surface area contributed by atoms with Gasteiger partial charge in [-0.05, 0) is 33.6 Å². The van der Waals surface area contributed by atoms with Crippen LogP contribution in [0.1, 0.15) is 0 Å². The molecule has 0 unspecified atom stereocenters. The van der Waals surface area contributed by atoms with E-state index in [0.29, 0.717) is 0 Å². The van der Waals surface area contributed by atoms with Crippen LogP contribution in [0.4, 0.5) is 11.5 Å². The second-order valence-electron chi connectivity index (χ2n) is 5.02. The molecule has 0 fully saturated rings. The molecule has 3 nitrogen and oxygen atoms in total. The van der Waals surface area contributed by atoms with Crippen molar-refractivity contribution in [2.75, 3.05) is 5.32 Å². The lowest BCUT2D eigenvalue weighted by molar-refractivity contribution is 1.23. The van der Waals surface area contributed by atoms with Crippen molar-refractivity contribution in [2.24, 2.45) is 0 Å². The summed E-state index contributed by atoms with van der Waals surface area (Å²) in [5, 5.41) is 6.61. The van der Waals surface area contributed by atoms with E-state index in [1.807, 2.05) is 42.5 Å². The summed E-state index contributed by atoms with van der Waals surface area (Å²) < 4.78 is 1.00. The zero-order valence-electron chi connectivity index (χ0n) is 12.0. The lowest BCUT2D eigenvalue weighted by Crippen LogP contribution is -1.96. The van der Waals surface area contributed by atoms with Crippen LogP contribution >= 0.6 is 27.3 Å². The van der Waals surface area contributed by atoms with Crippen molar-refractivity contribution in [1.29, 1.82) is 0 Å². The molecule has 0 aliphatic carbocycles. The lowest BCUT2D eigenvalue weighted by atomic mass is 10.1. The molecule has 0 bridgehead atoms. The molecule has 1 N–H and O–H groups in total. The number of benzene rings is 2. The SMILES string of the molecule is Brc1ccccc1Nc1ncnc2scc(-c3ccccc3)c12. The van der Waals surface area contributed by atoms with E-state index in [1.54, 1.807) is 17.7 Å². The maximum Gasteiger partial charge on any atom is 0.143 e. The fourth-order valence-corrected chi connectivity index (χ4v) is 3.79. The van der Waals surface area contributed by atoms with Gasteiger partial charge in [-0.2, -0.15) is 0 Å². The van der Waals surface area contributed by atoms with Gasteiger partial charge in [0.2, 0.25) is 0 Å². The highest BCUT2D eigenvalue weighted by Gasteiger charge is 2.13. The Morgan fingerprint density at radius 1 is 0.913 bits per heavy atom. The number of anilines is 2. The topological polar surface area (TPSA) is 37.8 Å². The van der Waals surface area contributed by atoms with Crippen LogP contribution < -0.4 is 5.32 Å². The van der Waals surface area contributed by atoms with Crippen LogP contribution in [0.5, 0.6) is 0 Å². The number of thiophene rings is 1. The second-order valence-corrected chi connectivity index (χ2v) is 6.74. The largest absolute Gasteiger partial charge is 0.339 e. The zero-order valence-corrected chi connectivity index (χ0v) is 14.4. The predicted molar refractivity (Wildman–Crippen MR) is 100 cm³/mol. The van der Waals surface area contributed by atoms with Crippen molar-refractivity contribution in [3.63, 3.8) is 0 Å². The summed E-state index contributed by atoms with van der Waals surface area (Å²) in [6.45, 7) is 0. The monoisotopic (exact) mass is 381 g/mol. The van der Waals surface area contributed by atoms with Crippen molar-refractivity contribution < 1.29 is 0 Å². The van der Waals surface area contributed by atoms with Gasteiger partial charge in [-0.15, -0.1) is 11.3 Å². The van der Waals surface area contributed by atoms with Crippen molar-refractivity contribution in [3.05, 3.63) is 70.8 Å². The standard InChI is InChI=1S/C18H12BrN3S/c19-14-8-4-5-9-15(14)22-17-16-13(12-6-2-1-3-7-12)10-23-18(16)21-11-20-17/h1-11H,(H,20,21,22). The summed E-state index contributed by atoms with van der Waals surface area (Å²) in [7, 11) is 0. The molecule has 0 radical (unpaired) electrons. The number of hydrogen-bond donors (Lipinski definition) is 1. The Morgan fingerprint density at radius 3 is 2.52 bits per heavy atom. The molecule has 0 spiro atoms. The van der Waals surface area contributed by atoms with E-state index in [-0.39, 0.29) is 0 Å². The number of aromatic nitrogens is 2. The highest BCUT2D eigenvalue weighted by molar-refractivity contribution is 9.10. The zero-order chi connectivity index (χ0) is 15.6. The first-order valence-corrected chi connectivity index (χ1v) is 8.79. The van der Waals surface area contributed by atoms with Crippen LogP contribution in [0, 0.1) is 0 Å². The molecule has 0 aliphatic heterocycles. The van der Waals surface area contributed by atoms with Crippen LogP contribution in [0.2, 0.25) is 0 Å². The van der Waals surface area contributed by atoms with E-state index in [9.17, 15) is 0 Å². The summed E-state index contributed by atoms with van der Waals surface area (Å²) in [6.07, 6.45) is 1.60. The van der Waals surface area contributed by atoms with Gasteiger partial charge in [-0.1, -0.05) is 42.5 Å². The minimum atomic E-state index is 0.821. The quantitative estimate of drug-likeness (QED) is 0.482. The molecule has 4 rings (SSSR count). The van der Waals surface area contributed by atoms with Gasteiger partial charge in [0, 0.05) is 15.4 Å². The molecule has 0 amide bonds. The van der Waals surface area contributed by atoms with Gasteiger partial charge in [0.25, 0.3) is 0 Å². The van der Waals surface area contributed by atoms with E-state index in [0.717, 1.165) is 31.8 Å². The molecule has 0 atom stereocenters. The third-order valence-electron chi connectivity index (χ3n) is 3.58. The van der Waals surface area contributed by atoms with Crippen LogP contribution in [0.25, 0.3) is 21.3 Å². The number of nitrogens with one attached hydrogen (secondary N) is 1. The summed E-state index contributed by atoms with van der Waals surface area (Å²) in [5.74, 6) is 0.821. The fourth-order valence-electron chi connectivity index (χ4n) is 2.49. The van der Waals surface area contributed by atoms with Crippen molar-refractivity contribution in [3.8, 4) is 11.1 Å². The van der Waals surface area contributed by atoms with Crippen LogP contribution in [-0.4, -0.2) is 9.97 Å². The molecule has 2 aromatic carbocycles. The Labute approximate surface area is 146 Å². The fraction of sp³-hybridized carbons (Fsp3) is 0. The van der Waals surface area contributed by atoms with Crippen molar-refractivity contribution in [2.45, 2.75) is 0 Å². The number of rotatable bonds is 3. The van der Waals surface area contributed by atoms with Crippen LogP contribution in [0.3, 0.4) is 0 Å². The third-order valence-corrected chi connectivity index (χ3v) is 5.16. The van der Waals surface area contributed by atoms with Crippen LogP contribution in [-0.2, 0) is 0 Å². The Bertz CT molecular complexity index is 966. The molecule has 5 heteroatoms.